The van der Waals surface area contributed by atoms with E-state index in [0.717, 1.165) is 29.4 Å². The second-order valence-electron chi connectivity index (χ2n) is 4.36. The first-order chi connectivity index (χ1) is 8.60. The predicted molar refractivity (Wildman–Crippen MR) is 83.3 cm³/mol. The summed E-state index contributed by atoms with van der Waals surface area (Å²) in [6.07, 6.45) is 2.12. The van der Waals surface area contributed by atoms with Gasteiger partial charge in [0.2, 0.25) is 0 Å². The first kappa shape index (κ1) is 14.0. The van der Waals surface area contributed by atoms with Gasteiger partial charge in [0.25, 0.3) is 0 Å². The standard InChI is InChI=1S/C13H16Cl2N2S/c1-3-13(4-2)8-18-12(17-13)16-10-7-5-6-9(14)11(10)15/h5-7H,3-4,8H2,1-2H3,(H,16,17). The van der Waals surface area contributed by atoms with Crippen molar-refractivity contribution in [2.45, 2.75) is 32.2 Å². The smallest absolute Gasteiger partial charge is 0.161 e. The van der Waals surface area contributed by atoms with Crippen molar-refractivity contribution in [1.82, 2.24) is 0 Å². The van der Waals surface area contributed by atoms with E-state index < -0.39 is 0 Å². The van der Waals surface area contributed by atoms with Crippen LogP contribution in [0.4, 0.5) is 5.69 Å². The average Bonchev–Trinajstić information content (AvgIpc) is 2.79. The zero-order valence-electron chi connectivity index (χ0n) is 10.5. The van der Waals surface area contributed by atoms with Crippen molar-refractivity contribution in [2.75, 3.05) is 11.1 Å². The molecular weight excluding hydrogens is 287 g/mol. The van der Waals surface area contributed by atoms with E-state index in [2.05, 4.69) is 19.2 Å². The number of anilines is 1. The molecule has 18 heavy (non-hydrogen) atoms. The minimum absolute atomic E-state index is 0.0814. The number of rotatable bonds is 3. The van der Waals surface area contributed by atoms with Gasteiger partial charge in [-0.2, -0.15) is 0 Å². The van der Waals surface area contributed by atoms with Gasteiger partial charge in [0.05, 0.1) is 21.3 Å². The van der Waals surface area contributed by atoms with Crippen LogP contribution in [-0.4, -0.2) is 16.5 Å². The Bertz CT molecular complexity index is 470. The van der Waals surface area contributed by atoms with Crippen LogP contribution in [-0.2, 0) is 0 Å². The minimum Gasteiger partial charge on any atom is -0.334 e. The summed E-state index contributed by atoms with van der Waals surface area (Å²) >= 11 is 13.9. The van der Waals surface area contributed by atoms with E-state index in [1.54, 1.807) is 17.8 Å². The Hall–Kier alpha value is -0.380. The first-order valence-electron chi connectivity index (χ1n) is 6.04. The number of hydrogen-bond acceptors (Lipinski definition) is 3. The number of aliphatic imine (C=N–C) groups is 1. The average molecular weight is 303 g/mol. The van der Waals surface area contributed by atoms with Crippen molar-refractivity contribution in [2.24, 2.45) is 4.99 Å². The van der Waals surface area contributed by atoms with Crippen LogP contribution in [0.1, 0.15) is 26.7 Å². The predicted octanol–water partition coefficient (Wildman–Crippen LogP) is 5.07. The number of amidine groups is 1. The SMILES string of the molecule is CCC1(CC)CSC(Nc2cccc(Cl)c2Cl)=N1. The molecule has 0 spiro atoms. The van der Waals surface area contributed by atoms with Crippen molar-refractivity contribution in [1.29, 1.82) is 0 Å². The summed E-state index contributed by atoms with van der Waals surface area (Å²) in [4.78, 5) is 4.79. The van der Waals surface area contributed by atoms with Crippen LogP contribution < -0.4 is 5.32 Å². The number of benzene rings is 1. The summed E-state index contributed by atoms with van der Waals surface area (Å²) in [5.41, 5.74) is 0.899. The van der Waals surface area contributed by atoms with Gasteiger partial charge in [-0.25, -0.2) is 0 Å². The lowest BCUT2D eigenvalue weighted by Gasteiger charge is -2.20. The van der Waals surface area contributed by atoms with E-state index in [1.807, 2.05) is 12.1 Å². The molecule has 0 bridgehead atoms. The van der Waals surface area contributed by atoms with Crippen LogP contribution in [0.3, 0.4) is 0 Å². The Balaban J connectivity index is 2.18. The van der Waals surface area contributed by atoms with E-state index in [9.17, 15) is 0 Å². The number of halogens is 2. The Morgan fingerprint density at radius 2 is 2.06 bits per heavy atom. The molecule has 98 valence electrons. The molecule has 1 aromatic rings. The zero-order chi connectivity index (χ0) is 13.2. The molecule has 2 rings (SSSR count). The van der Waals surface area contributed by atoms with Gasteiger partial charge in [-0.05, 0) is 25.0 Å². The van der Waals surface area contributed by atoms with E-state index in [4.69, 9.17) is 28.2 Å². The molecule has 1 heterocycles. The third kappa shape index (κ3) is 2.79. The fourth-order valence-electron chi connectivity index (χ4n) is 1.87. The molecule has 0 unspecified atom stereocenters. The van der Waals surface area contributed by atoms with Gasteiger partial charge in [0, 0.05) is 5.75 Å². The first-order valence-corrected chi connectivity index (χ1v) is 7.78. The van der Waals surface area contributed by atoms with E-state index in [0.29, 0.717) is 10.0 Å². The van der Waals surface area contributed by atoms with Crippen LogP contribution in [0, 0.1) is 0 Å². The Morgan fingerprint density at radius 1 is 1.33 bits per heavy atom. The number of nitrogens with one attached hydrogen (secondary N) is 1. The molecule has 0 aliphatic carbocycles. The van der Waals surface area contributed by atoms with Crippen molar-refractivity contribution in [3.05, 3.63) is 28.2 Å². The fourth-order valence-corrected chi connectivity index (χ4v) is 3.54. The van der Waals surface area contributed by atoms with Gasteiger partial charge in [0.15, 0.2) is 5.17 Å². The van der Waals surface area contributed by atoms with Crippen molar-refractivity contribution < 1.29 is 0 Å². The minimum atomic E-state index is 0.0814. The topological polar surface area (TPSA) is 24.4 Å². The molecule has 1 aliphatic heterocycles. The Labute approximate surface area is 122 Å². The molecular formula is C13H16Cl2N2S. The van der Waals surface area contributed by atoms with Gasteiger partial charge in [0.1, 0.15) is 0 Å². The van der Waals surface area contributed by atoms with Gasteiger partial charge in [-0.1, -0.05) is 54.9 Å². The molecule has 0 saturated carbocycles. The quantitative estimate of drug-likeness (QED) is 0.843. The number of nitrogens with zero attached hydrogens (tertiary/aromatic N) is 1. The van der Waals surface area contributed by atoms with Gasteiger partial charge in [-0.3, -0.25) is 4.99 Å². The second-order valence-corrected chi connectivity index (χ2v) is 6.11. The van der Waals surface area contributed by atoms with Crippen molar-refractivity contribution in [3.8, 4) is 0 Å². The van der Waals surface area contributed by atoms with Crippen molar-refractivity contribution in [3.63, 3.8) is 0 Å². The Morgan fingerprint density at radius 3 is 2.67 bits per heavy atom. The molecule has 1 N–H and O–H groups in total. The molecule has 0 aromatic heterocycles. The maximum Gasteiger partial charge on any atom is 0.161 e. The number of hydrogen-bond donors (Lipinski definition) is 1. The lowest BCUT2D eigenvalue weighted by atomic mass is 9.97. The molecule has 1 aliphatic rings. The summed E-state index contributed by atoms with van der Waals surface area (Å²) in [5, 5.41) is 5.31. The van der Waals surface area contributed by atoms with Crippen LogP contribution >= 0.6 is 35.0 Å². The Kier molecular flexibility index (Phi) is 4.46. The molecule has 2 nitrogen and oxygen atoms in total. The van der Waals surface area contributed by atoms with Crippen LogP contribution in [0.15, 0.2) is 23.2 Å². The third-order valence-electron chi connectivity index (χ3n) is 3.33. The van der Waals surface area contributed by atoms with Gasteiger partial charge < -0.3 is 5.32 Å². The lowest BCUT2D eigenvalue weighted by molar-refractivity contribution is 0.456. The molecule has 0 amide bonds. The maximum atomic E-state index is 6.15. The highest BCUT2D eigenvalue weighted by molar-refractivity contribution is 8.14. The summed E-state index contributed by atoms with van der Waals surface area (Å²) in [7, 11) is 0. The molecule has 0 fully saturated rings. The van der Waals surface area contributed by atoms with Gasteiger partial charge >= 0.3 is 0 Å². The van der Waals surface area contributed by atoms with Crippen LogP contribution in [0.2, 0.25) is 10.0 Å². The second kappa shape index (κ2) is 5.72. The van der Waals surface area contributed by atoms with Crippen molar-refractivity contribution >= 4 is 45.8 Å². The molecule has 0 atom stereocenters. The zero-order valence-corrected chi connectivity index (χ0v) is 12.8. The van der Waals surface area contributed by atoms with E-state index in [-0.39, 0.29) is 5.54 Å². The monoisotopic (exact) mass is 302 g/mol. The molecule has 0 saturated heterocycles. The van der Waals surface area contributed by atoms with Crippen LogP contribution in [0.5, 0.6) is 0 Å². The number of thioether (sulfide) groups is 1. The normalized spacial score (nSPS) is 17.7. The van der Waals surface area contributed by atoms with E-state index >= 15 is 0 Å². The summed E-state index contributed by atoms with van der Waals surface area (Å²) in [6.45, 7) is 4.37. The fraction of sp³-hybridized carbons (Fsp3) is 0.462. The third-order valence-corrected chi connectivity index (χ3v) is 5.29. The van der Waals surface area contributed by atoms with Gasteiger partial charge in [-0.15, -0.1) is 0 Å². The molecule has 5 heteroatoms. The summed E-state index contributed by atoms with van der Waals surface area (Å²) < 4.78 is 0. The van der Waals surface area contributed by atoms with E-state index in [1.165, 1.54) is 0 Å². The summed E-state index contributed by atoms with van der Waals surface area (Å²) in [5.74, 6) is 1.03. The highest BCUT2D eigenvalue weighted by Crippen LogP contribution is 2.36. The largest absolute Gasteiger partial charge is 0.334 e. The molecule has 1 aromatic carbocycles. The maximum absolute atomic E-state index is 6.15. The highest BCUT2D eigenvalue weighted by Gasteiger charge is 2.32. The van der Waals surface area contributed by atoms with Crippen LogP contribution in [0.25, 0.3) is 0 Å². The summed E-state index contributed by atoms with van der Waals surface area (Å²) in [6, 6.07) is 5.57. The molecule has 0 radical (unpaired) electrons. The highest BCUT2D eigenvalue weighted by atomic mass is 35.5. The lowest BCUT2D eigenvalue weighted by Crippen LogP contribution is -2.24.